The van der Waals surface area contributed by atoms with Crippen molar-refractivity contribution < 1.29 is 27.5 Å². The van der Waals surface area contributed by atoms with Crippen molar-refractivity contribution in [3.8, 4) is 5.75 Å². The van der Waals surface area contributed by atoms with Crippen molar-refractivity contribution in [1.29, 1.82) is 0 Å². The quantitative estimate of drug-likeness (QED) is 0.395. The van der Waals surface area contributed by atoms with Crippen LogP contribution in [-0.4, -0.2) is 78.9 Å². The predicted molar refractivity (Wildman–Crippen MR) is 150 cm³/mol. The van der Waals surface area contributed by atoms with Crippen LogP contribution in [0.15, 0.2) is 52.0 Å². The number of carbonyl (C=O) groups excluding carboxylic acids is 1. The number of benzene rings is 2. The Morgan fingerprint density at radius 2 is 1.77 bits per heavy atom. The molecule has 1 unspecified atom stereocenters. The van der Waals surface area contributed by atoms with Gasteiger partial charge in [0.15, 0.2) is 5.69 Å². The summed E-state index contributed by atoms with van der Waals surface area (Å²) in [5, 5.41) is 9.89. The Morgan fingerprint density at radius 3 is 2.40 bits per heavy atom. The minimum Gasteiger partial charge on any atom is -0.497 e. The zero-order valence-electron chi connectivity index (χ0n) is 23.8. The highest BCUT2D eigenvalue weighted by molar-refractivity contribution is 7.89. The molecule has 2 aromatic carbocycles. The van der Waals surface area contributed by atoms with Crippen LogP contribution < -0.4 is 4.74 Å². The van der Waals surface area contributed by atoms with Gasteiger partial charge < -0.3 is 19.2 Å². The van der Waals surface area contributed by atoms with Crippen LogP contribution in [0.2, 0.25) is 0 Å². The Labute approximate surface area is 236 Å². The molecule has 11 heteroatoms. The number of nitrogens with zero attached hydrogens (tertiary/aromatic N) is 4. The molecule has 0 saturated carbocycles. The lowest BCUT2D eigenvalue weighted by Gasteiger charge is -2.30. The molecule has 1 aromatic heterocycles. The third-order valence-electron chi connectivity index (χ3n) is 7.14. The lowest BCUT2D eigenvalue weighted by molar-refractivity contribution is 0.0668. The molecule has 1 aliphatic heterocycles. The van der Waals surface area contributed by atoms with Crippen molar-refractivity contribution in [2.24, 2.45) is 0 Å². The smallest absolute Gasteiger partial charge is 0.275 e. The van der Waals surface area contributed by atoms with E-state index in [1.54, 1.807) is 37.9 Å². The van der Waals surface area contributed by atoms with Gasteiger partial charge in [-0.1, -0.05) is 24.3 Å². The number of rotatable bonds is 10. The van der Waals surface area contributed by atoms with Crippen molar-refractivity contribution in [1.82, 2.24) is 19.1 Å². The second kappa shape index (κ2) is 12.5. The maximum atomic E-state index is 13.3. The minimum absolute atomic E-state index is 0.111. The Hall–Kier alpha value is -3.25. The summed E-state index contributed by atoms with van der Waals surface area (Å²) in [5.74, 6) is 0.387. The van der Waals surface area contributed by atoms with Crippen molar-refractivity contribution >= 4 is 15.9 Å². The fraction of sp³-hybridized carbons (Fsp3) is 0.448. The van der Waals surface area contributed by atoms with Gasteiger partial charge in [0.1, 0.15) is 12.0 Å². The molecule has 1 N–H and O–H groups in total. The number of likely N-dealkylation sites (tertiary alicyclic amines) is 1. The topological polar surface area (TPSA) is 116 Å². The summed E-state index contributed by atoms with van der Waals surface area (Å²) in [7, 11) is 0.833. The second-order valence-electron chi connectivity index (χ2n) is 10.5. The van der Waals surface area contributed by atoms with Crippen LogP contribution in [0.3, 0.4) is 0 Å². The monoisotopic (exact) mass is 570 g/mol. The lowest BCUT2D eigenvalue weighted by atomic mass is 10.1. The molecule has 0 aliphatic carbocycles. The number of aliphatic hydroxyl groups is 1. The number of ether oxygens (including phenoxy) is 1. The number of amides is 1. The van der Waals surface area contributed by atoms with Crippen molar-refractivity contribution in [3.63, 3.8) is 0 Å². The van der Waals surface area contributed by atoms with E-state index in [0.29, 0.717) is 30.0 Å². The summed E-state index contributed by atoms with van der Waals surface area (Å²) in [4.78, 5) is 21.3. The third kappa shape index (κ3) is 6.90. The van der Waals surface area contributed by atoms with E-state index in [9.17, 15) is 18.3 Å². The number of β-amino-alcohol motifs (C(OH)–C–C–N with tert-alkyl or cyclic N) is 1. The summed E-state index contributed by atoms with van der Waals surface area (Å²) in [6.45, 7) is 6.17. The molecule has 10 nitrogen and oxygen atoms in total. The van der Waals surface area contributed by atoms with Crippen LogP contribution in [0, 0.1) is 13.8 Å². The van der Waals surface area contributed by atoms with E-state index >= 15 is 0 Å². The number of sulfonamides is 1. The number of piperidine rings is 1. The normalized spacial score (nSPS) is 16.3. The first-order chi connectivity index (χ1) is 19.0. The van der Waals surface area contributed by atoms with Crippen LogP contribution in [-0.2, 0) is 29.7 Å². The molecule has 0 radical (unpaired) electrons. The van der Waals surface area contributed by atoms with E-state index in [1.807, 2.05) is 24.3 Å². The number of aliphatic hydroxyl groups excluding tert-OH is 1. The SMILES string of the molecule is COc1cc(C)c(S(=O)(=O)N(C)Cc2nc(C(=O)N(C)Cc3ccc(CN4CCCC(O)C4)cc3)co2)c(C)c1. The average molecular weight is 571 g/mol. The van der Waals surface area contributed by atoms with Crippen LogP contribution in [0.25, 0.3) is 0 Å². The van der Waals surface area contributed by atoms with E-state index in [-0.39, 0.29) is 35.0 Å². The molecule has 0 spiro atoms. The van der Waals surface area contributed by atoms with Gasteiger partial charge in [-0.15, -0.1) is 0 Å². The third-order valence-corrected chi connectivity index (χ3v) is 9.25. The molecule has 4 rings (SSSR count). The zero-order valence-corrected chi connectivity index (χ0v) is 24.6. The minimum atomic E-state index is -3.84. The largest absolute Gasteiger partial charge is 0.497 e. The summed E-state index contributed by atoms with van der Waals surface area (Å²) in [6, 6.07) is 11.4. The zero-order chi connectivity index (χ0) is 29.0. The van der Waals surface area contributed by atoms with Gasteiger partial charge in [0.2, 0.25) is 15.9 Å². The predicted octanol–water partition coefficient (Wildman–Crippen LogP) is 3.35. The molecule has 1 aliphatic rings. The van der Waals surface area contributed by atoms with Gasteiger partial charge >= 0.3 is 0 Å². The van der Waals surface area contributed by atoms with Gasteiger partial charge in [-0.3, -0.25) is 9.69 Å². The first-order valence-electron chi connectivity index (χ1n) is 13.3. The van der Waals surface area contributed by atoms with Gasteiger partial charge in [-0.2, -0.15) is 4.31 Å². The van der Waals surface area contributed by atoms with E-state index in [4.69, 9.17) is 9.15 Å². The molecule has 40 heavy (non-hydrogen) atoms. The summed E-state index contributed by atoms with van der Waals surface area (Å²) < 4.78 is 38.5. The van der Waals surface area contributed by atoms with E-state index < -0.39 is 10.0 Å². The average Bonchev–Trinajstić information content (AvgIpc) is 3.37. The summed E-state index contributed by atoms with van der Waals surface area (Å²) in [5.41, 5.74) is 3.39. The number of aromatic nitrogens is 1. The molecule has 216 valence electrons. The van der Waals surface area contributed by atoms with Crippen LogP contribution in [0.1, 0.15) is 51.5 Å². The van der Waals surface area contributed by atoms with Gasteiger partial charge in [-0.05, 0) is 67.6 Å². The molecule has 1 amide bonds. The van der Waals surface area contributed by atoms with Crippen LogP contribution >= 0.6 is 0 Å². The van der Waals surface area contributed by atoms with Crippen molar-refractivity contribution in [3.05, 3.63) is 76.5 Å². The fourth-order valence-corrected chi connectivity index (χ4v) is 6.60. The Kier molecular flexibility index (Phi) is 9.29. The number of oxazole rings is 1. The number of methoxy groups -OCH3 is 1. The van der Waals surface area contributed by atoms with E-state index in [0.717, 1.165) is 41.4 Å². The molecule has 1 atom stereocenters. The van der Waals surface area contributed by atoms with Crippen LogP contribution in [0.4, 0.5) is 0 Å². The molecule has 0 bridgehead atoms. The molecule has 2 heterocycles. The number of aryl methyl sites for hydroxylation is 2. The first kappa shape index (κ1) is 29.7. The first-order valence-corrected chi connectivity index (χ1v) is 14.7. The van der Waals surface area contributed by atoms with Crippen molar-refractivity contribution in [2.75, 3.05) is 34.3 Å². The number of hydrogen-bond acceptors (Lipinski definition) is 8. The number of hydrogen-bond donors (Lipinski definition) is 1. The van der Waals surface area contributed by atoms with E-state index in [2.05, 4.69) is 9.88 Å². The maximum absolute atomic E-state index is 13.3. The molecule has 3 aromatic rings. The van der Waals surface area contributed by atoms with Gasteiger partial charge in [0, 0.05) is 33.7 Å². The van der Waals surface area contributed by atoms with Gasteiger partial charge in [-0.25, -0.2) is 13.4 Å². The molecule has 1 saturated heterocycles. The Morgan fingerprint density at radius 1 is 1.12 bits per heavy atom. The van der Waals surface area contributed by atoms with E-state index in [1.165, 1.54) is 20.4 Å². The highest BCUT2D eigenvalue weighted by Crippen LogP contribution is 2.28. The molecular formula is C29H38N4O6S. The fourth-order valence-electron chi connectivity index (χ4n) is 5.07. The van der Waals surface area contributed by atoms with Gasteiger partial charge in [0.25, 0.3) is 5.91 Å². The molecule has 1 fully saturated rings. The lowest BCUT2D eigenvalue weighted by Crippen LogP contribution is -2.37. The maximum Gasteiger partial charge on any atom is 0.275 e. The number of carbonyl (C=O) groups is 1. The Bertz CT molecular complexity index is 1410. The summed E-state index contributed by atoms with van der Waals surface area (Å²) >= 11 is 0. The highest BCUT2D eigenvalue weighted by atomic mass is 32.2. The summed E-state index contributed by atoms with van der Waals surface area (Å²) in [6.07, 6.45) is 2.87. The second-order valence-corrected chi connectivity index (χ2v) is 12.5. The van der Waals surface area contributed by atoms with Crippen molar-refractivity contribution in [2.45, 2.75) is 57.3 Å². The van der Waals surface area contributed by atoms with Crippen LogP contribution in [0.5, 0.6) is 5.75 Å². The standard InChI is InChI=1S/C29H38N4O6S/c1-20-13-25(38-5)14-21(2)28(20)40(36,37)32(4)18-27-30-26(19-39-27)29(35)31(3)15-22-8-10-23(11-9-22)16-33-12-6-7-24(34)17-33/h8-11,13-14,19,24,34H,6-7,12,15-18H2,1-5H3. The van der Waals surface area contributed by atoms with Gasteiger partial charge in [0.05, 0.1) is 24.7 Å². The highest BCUT2D eigenvalue weighted by Gasteiger charge is 2.27. The molecular weight excluding hydrogens is 532 g/mol. The Balaban J connectivity index is 1.36.